The van der Waals surface area contributed by atoms with Gasteiger partial charge in [0.25, 0.3) is 5.91 Å². The maximum absolute atomic E-state index is 13.2. The van der Waals surface area contributed by atoms with Gasteiger partial charge in [0.2, 0.25) is 5.82 Å². The highest BCUT2D eigenvalue weighted by molar-refractivity contribution is 5.89. The molecular formula is C16H13F3N6O. The predicted molar refractivity (Wildman–Crippen MR) is 87.8 cm³/mol. The normalized spacial score (nSPS) is 13.9. The zero-order chi connectivity index (χ0) is 18.7. The number of hydrogen-bond acceptors (Lipinski definition) is 5. The number of halogens is 3. The molecule has 7 nitrogen and oxygen atoms in total. The van der Waals surface area contributed by atoms with Crippen LogP contribution in [0.4, 0.5) is 13.2 Å². The standard InChI is InChI=1S/C16H13F3N6O/c17-16(18,19)12-6-2-1-4-11(12)9-25-15(23-14(24-25)13(20)26)10-5-3-7-21-22-8-10/h1-8,22H,9H2,(H2,20,26). The van der Waals surface area contributed by atoms with E-state index in [1.54, 1.807) is 12.2 Å². The Morgan fingerprint density at radius 1 is 1.27 bits per heavy atom. The summed E-state index contributed by atoms with van der Waals surface area (Å²) in [5.41, 5.74) is 7.53. The fourth-order valence-electron chi connectivity index (χ4n) is 2.39. The summed E-state index contributed by atoms with van der Waals surface area (Å²) in [6.07, 6.45) is 1.70. The fraction of sp³-hybridized carbons (Fsp3) is 0.125. The van der Waals surface area contributed by atoms with Gasteiger partial charge in [0, 0.05) is 18.0 Å². The number of aromatic nitrogens is 3. The van der Waals surface area contributed by atoms with Crippen LogP contribution in [0.15, 0.2) is 47.7 Å². The zero-order valence-electron chi connectivity index (χ0n) is 13.2. The Labute approximate surface area is 145 Å². The van der Waals surface area contributed by atoms with Crippen LogP contribution in [-0.2, 0) is 12.7 Å². The Morgan fingerprint density at radius 3 is 2.77 bits per heavy atom. The average molecular weight is 362 g/mol. The largest absolute Gasteiger partial charge is 0.416 e. The second kappa shape index (κ2) is 6.82. The minimum Gasteiger partial charge on any atom is -0.363 e. The van der Waals surface area contributed by atoms with Gasteiger partial charge in [-0.3, -0.25) is 10.2 Å². The lowest BCUT2D eigenvalue weighted by molar-refractivity contribution is -0.138. The van der Waals surface area contributed by atoms with Crippen molar-refractivity contribution < 1.29 is 18.0 Å². The summed E-state index contributed by atoms with van der Waals surface area (Å²) in [5.74, 6) is -0.981. The number of alkyl halides is 3. The van der Waals surface area contributed by atoms with Crippen LogP contribution in [-0.4, -0.2) is 26.9 Å². The smallest absolute Gasteiger partial charge is 0.363 e. The van der Waals surface area contributed by atoms with Crippen LogP contribution in [0.3, 0.4) is 0 Å². The number of primary amides is 1. The summed E-state index contributed by atoms with van der Waals surface area (Å²) in [6, 6.07) is 5.13. The SMILES string of the molecule is NC(=O)c1nc(C2=CNN=CC=C2)n(Cc2ccccc2C(F)(F)F)n1. The van der Waals surface area contributed by atoms with E-state index in [0.29, 0.717) is 5.57 Å². The number of amides is 1. The average Bonchev–Trinajstić information content (AvgIpc) is 2.82. The van der Waals surface area contributed by atoms with Crippen molar-refractivity contribution in [3.05, 3.63) is 65.4 Å². The van der Waals surface area contributed by atoms with Crippen molar-refractivity contribution in [2.24, 2.45) is 10.8 Å². The molecule has 134 valence electrons. The second-order valence-electron chi connectivity index (χ2n) is 5.30. The third-order valence-corrected chi connectivity index (χ3v) is 3.52. The molecule has 1 amide bonds. The first-order chi connectivity index (χ1) is 12.4. The van der Waals surface area contributed by atoms with E-state index in [1.165, 1.54) is 35.3 Å². The van der Waals surface area contributed by atoms with Crippen LogP contribution in [0.2, 0.25) is 0 Å². The van der Waals surface area contributed by atoms with E-state index >= 15 is 0 Å². The molecule has 0 fully saturated rings. The highest BCUT2D eigenvalue weighted by Crippen LogP contribution is 2.32. The lowest BCUT2D eigenvalue weighted by atomic mass is 10.1. The number of carbonyl (C=O) groups excluding carboxylic acids is 1. The molecule has 0 atom stereocenters. The maximum atomic E-state index is 13.2. The van der Waals surface area contributed by atoms with Crippen LogP contribution < -0.4 is 11.2 Å². The number of rotatable bonds is 4. The van der Waals surface area contributed by atoms with Crippen LogP contribution >= 0.6 is 0 Å². The van der Waals surface area contributed by atoms with Gasteiger partial charge in [-0.15, -0.1) is 5.10 Å². The van der Waals surface area contributed by atoms with E-state index in [1.807, 2.05) is 0 Å². The summed E-state index contributed by atoms with van der Waals surface area (Å²) >= 11 is 0. The van der Waals surface area contributed by atoms with E-state index in [4.69, 9.17) is 5.73 Å². The first-order valence-corrected chi connectivity index (χ1v) is 7.42. The van der Waals surface area contributed by atoms with Gasteiger partial charge in [-0.25, -0.2) is 9.67 Å². The highest BCUT2D eigenvalue weighted by Gasteiger charge is 2.33. The van der Waals surface area contributed by atoms with Gasteiger partial charge in [0.15, 0.2) is 5.82 Å². The number of nitrogens with zero attached hydrogens (tertiary/aromatic N) is 4. The molecule has 3 rings (SSSR count). The lowest BCUT2D eigenvalue weighted by Gasteiger charge is -2.13. The third kappa shape index (κ3) is 3.63. The van der Waals surface area contributed by atoms with Gasteiger partial charge in [-0.05, 0) is 23.8 Å². The predicted octanol–water partition coefficient (Wildman–Crippen LogP) is 1.93. The van der Waals surface area contributed by atoms with Crippen LogP contribution in [0.5, 0.6) is 0 Å². The summed E-state index contributed by atoms with van der Waals surface area (Å²) < 4.78 is 40.9. The summed E-state index contributed by atoms with van der Waals surface area (Å²) in [4.78, 5) is 15.5. The molecule has 0 spiro atoms. The van der Waals surface area contributed by atoms with Crippen LogP contribution in [0.25, 0.3) is 5.57 Å². The Kier molecular flexibility index (Phi) is 4.57. The van der Waals surface area contributed by atoms with Gasteiger partial charge in [0.05, 0.1) is 12.1 Å². The van der Waals surface area contributed by atoms with Crippen molar-refractivity contribution in [2.75, 3.05) is 0 Å². The van der Waals surface area contributed by atoms with Crippen molar-refractivity contribution in [2.45, 2.75) is 12.7 Å². The minimum absolute atomic E-state index is 0.00965. The molecule has 1 aliphatic heterocycles. The molecule has 0 unspecified atom stereocenters. The fourth-order valence-corrected chi connectivity index (χ4v) is 2.39. The number of nitrogens with one attached hydrogen (secondary N) is 1. The molecule has 2 aromatic rings. The number of nitrogens with two attached hydrogens (primary N) is 1. The van der Waals surface area contributed by atoms with E-state index in [0.717, 1.165) is 6.07 Å². The maximum Gasteiger partial charge on any atom is 0.416 e. The monoisotopic (exact) mass is 362 g/mol. The molecule has 3 N–H and O–H groups in total. The number of hydrogen-bond donors (Lipinski definition) is 2. The molecule has 2 heterocycles. The van der Waals surface area contributed by atoms with Crippen LogP contribution in [0, 0.1) is 0 Å². The van der Waals surface area contributed by atoms with Gasteiger partial charge >= 0.3 is 6.18 Å². The molecule has 0 bridgehead atoms. The van der Waals surface area contributed by atoms with E-state index < -0.39 is 17.6 Å². The highest BCUT2D eigenvalue weighted by atomic mass is 19.4. The minimum atomic E-state index is -4.51. The molecule has 1 aromatic heterocycles. The molecule has 0 saturated heterocycles. The molecular weight excluding hydrogens is 349 g/mol. The van der Waals surface area contributed by atoms with Crippen molar-refractivity contribution in [1.29, 1.82) is 0 Å². The van der Waals surface area contributed by atoms with Gasteiger partial charge in [-0.1, -0.05) is 18.2 Å². The van der Waals surface area contributed by atoms with Gasteiger partial charge in [-0.2, -0.15) is 18.3 Å². The number of benzene rings is 1. The molecule has 26 heavy (non-hydrogen) atoms. The topological polar surface area (TPSA) is 98.2 Å². The van der Waals surface area contributed by atoms with E-state index in [-0.39, 0.29) is 23.8 Å². The summed E-state index contributed by atoms with van der Waals surface area (Å²) in [7, 11) is 0. The van der Waals surface area contributed by atoms with E-state index in [2.05, 4.69) is 20.6 Å². The van der Waals surface area contributed by atoms with Gasteiger partial charge in [0.1, 0.15) is 0 Å². The van der Waals surface area contributed by atoms with E-state index in [9.17, 15) is 18.0 Å². The molecule has 0 saturated carbocycles. The van der Waals surface area contributed by atoms with Crippen molar-refractivity contribution in [1.82, 2.24) is 20.2 Å². The Hall–Kier alpha value is -3.43. The molecule has 0 aliphatic carbocycles. The third-order valence-electron chi connectivity index (χ3n) is 3.52. The summed E-state index contributed by atoms with van der Waals surface area (Å²) in [6.45, 7) is -0.239. The molecule has 1 aliphatic rings. The van der Waals surface area contributed by atoms with Crippen molar-refractivity contribution >= 4 is 17.7 Å². The summed E-state index contributed by atoms with van der Waals surface area (Å²) in [5, 5.41) is 7.77. The number of hydrazone groups is 1. The first-order valence-electron chi connectivity index (χ1n) is 7.42. The molecule has 1 aromatic carbocycles. The van der Waals surface area contributed by atoms with Crippen molar-refractivity contribution in [3.63, 3.8) is 0 Å². The molecule has 0 radical (unpaired) electrons. The number of allylic oxidation sites excluding steroid dienone is 3. The Bertz CT molecular complexity index is 926. The first kappa shape index (κ1) is 17.4. The second-order valence-corrected chi connectivity index (χ2v) is 5.30. The quantitative estimate of drug-likeness (QED) is 0.868. The number of carbonyl (C=O) groups is 1. The van der Waals surface area contributed by atoms with Crippen LogP contribution in [0.1, 0.15) is 27.6 Å². The Morgan fingerprint density at radius 2 is 2.04 bits per heavy atom. The zero-order valence-corrected chi connectivity index (χ0v) is 13.2. The molecule has 10 heteroatoms. The van der Waals surface area contributed by atoms with Crippen molar-refractivity contribution in [3.8, 4) is 0 Å². The van der Waals surface area contributed by atoms with Gasteiger partial charge < -0.3 is 5.73 Å². The Balaban J connectivity index is 2.06. The lowest BCUT2D eigenvalue weighted by Crippen LogP contribution is -2.15.